The van der Waals surface area contributed by atoms with Crippen LogP contribution in [0.15, 0.2) is 17.5 Å². The molecule has 2 aliphatic carbocycles. The van der Waals surface area contributed by atoms with E-state index >= 15 is 0 Å². The number of carbonyl (C=O) groups excluding carboxylic acids is 2. The van der Waals surface area contributed by atoms with Crippen molar-refractivity contribution in [1.82, 2.24) is 0 Å². The molecule has 2 heterocycles. The Kier molecular flexibility index (Phi) is 4.99. The lowest BCUT2D eigenvalue weighted by molar-refractivity contribution is -0.156. The van der Waals surface area contributed by atoms with Crippen LogP contribution in [0.3, 0.4) is 0 Å². The van der Waals surface area contributed by atoms with E-state index in [0.29, 0.717) is 12.8 Å². The topological polar surface area (TPSA) is 63.6 Å². The SMILES string of the molecule is CCc1cc2c(s1)CC(C(=O)OC1CC(CO)Cc3sccc31)CC2=O. The van der Waals surface area contributed by atoms with Crippen molar-refractivity contribution in [2.75, 3.05) is 6.61 Å². The number of thiophene rings is 2. The third kappa shape index (κ3) is 3.26. The highest BCUT2D eigenvalue weighted by Crippen LogP contribution is 2.40. The van der Waals surface area contributed by atoms with E-state index in [2.05, 4.69) is 6.92 Å². The number of Topliss-reactive ketones (excluding diaryl/α,β-unsaturated/α-hetero) is 1. The van der Waals surface area contributed by atoms with Gasteiger partial charge in [0.15, 0.2) is 5.78 Å². The molecule has 1 N–H and O–H groups in total. The predicted molar refractivity (Wildman–Crippen MR) is 102 cm³/mol. The highest BCUT2D eigenvalue weighted by molar-refractivity contribution is 7.12. The highest BCUT2D eigenvalue weighted by Gasteiger charge is 2.36. The highest BCUT2D eigenvalue weighted by atomic mass is 32.1. The molecule has 3 atom stereocenters. The van der Waals surface area contributed by atoms with Crippen molar-refractivity contribution >= 4 is 34.4 Å². The summed E-state index contributed by atoms with van der Waals surface area (Å²) >= 11 is 3.29. The summed E-state index contributed by atoms with van der Waals surface area (Å²) in [6.45, 7) is 2.18. The number of aliphatic hydroxyl groups excluding tert-OH is 1. The lowest BCUT2D eigenvalue weighted by atomic mass is 9.86. The Bertz CT molecular complexity index is 835. The van der Waals surface area contributed by atoms with Gasteiger partial charge in [0.1, 0.15) is 6.10 Å². The molecule has 0 bridgehead atoms. The van der Waals surface area contributed by atoms with E-state index in [-0.39, 0.29) is 36.8 Å². The maximum Gasteiger partial charge on any atom is 0.310 e. The van der Waals surface area contributed by atoms with Gasteiger partial charge in [-0.1, -0.05) is 6.92 Å². The number of rotatable bonds is 4. The molecule has 138 valence electrons. The van der Waals surface area contributed by atoms with Crippen LogP contribution < -0.4 is 0 Å². The van der Waals surface area contributed by atoms with Gasteiger partial charge in [0, 0.05) is 38.8 Å². The molecular formula is C20H22O4S2. The maximum atomic E-state index is 12.8. The molecule has 4 nitrogen and oxygen atoms in total. The minimum atomic E-state index is -0.394. The summed E-state index contributed by atoms with van der Waals surface area (Å²) in [6, 6.07) is 4.00. The number of hydrogen-bond donors (Lipinski definition) is 1. The minimum Gasteiger partial charge on any atom is -0.457 e. The summed E-state index contributed by atoms with van der Waals surface area (Å²) in [6.07, 6.45) is 2.93. The third-order valence-corrected chi connectivity index (χ3v) is 7.63. The monoisotopic (exact) mass is 390 g/mol. The summed E-state index contributed by atoms with van der Waals surface area (Å²) in [5.74, 6) is -0.494. The number of hydrogen-bond acceptors (Lipinski definition) is 6. The maximum absolute atomic E-state index is 12.8. The number of ketones is 1. The number of carbonyl (C=O) groups is 2. The van der Waals surface area contributed by atoms with Gasteiger partial charge >= 0.3 is 5.97 Å². The molecule has 4 rings (SSSR count). The number of esters is 1. The van der Waals surface area contributed by atoms with Crippen molar-refractivity contribution in [3.8, 4) is 0 Å². The first-order valence-corrected chi connectivity index (χ1v) is 10.8. The van der Waals surface area contributed by atoms with Gasteiger partial charge in [-0.2, -0.15) is 0 Å². The summed E-state index contributed by atoms with van der Waals surface area (Å²) in [5.41, 5.74) is 1.87. The normalized spacial score (nSPS) is 24.8. The third-order valence-electron chi connectivity index (χ3n) is 5.37. The quantitative estimate of drug-likeness (QED) is 0.803. The van der Waals surface area contributed by atoms with E-state index in [4.69, 9.17) is 4.74 Å². The Labute approximate surface area is 160 Å². The molecule has 0 saturated heterocycles. The zero-order valence-electron chi connectivity index (χ0n) is 14.7. The van der Waals surface area contributed by atoms with E-state index in [1.807, 2.05) is 17.5 Å². The van der Waals surface area contributed by atoms with Crippen LogP contribution in [0.5, 0.6) is 0 Å². The Morgan fingerprint density at radius 3 is 2.92 bits per heavy atom. The van der Waals surface area contributed by atoms with Gasteiger partial charge in [-0.3, -0.25) is 9.59 Å². The van der Waals surface area contributed by atoms with E-state index in [0.717, 1.165) is 28.8 Å². The zero-order valence-corrected chi connectivity index (χ0v) is 16.3. The minimum absolute atomic E-state index is 0.0530. The van der Waals surface area contributed by atoms with Crippen LogP contribution in [0.2, 0.25) is 0 Å². The van der Waals surface area contributed by atoms with E-state index in [9.17, 15) is 14.7 Å². The molecule has 2 aromatic heterocycles. The molecule has 0 aliphatic heterocycles. The van der Waals surface area contributed by atoms with Crippen molar-refractivity contribution in [3.63, 3.8) is 0 Å². The Hall–Kier alpha value is -1.50. The molecule has 0 saturated carbocycles. The van der Waals surface area contributed by atoms with Crippen molar-refractivity contribution in [2.24, 2.45) is 11.8 Å². The number of aliphatic hydroxyl groups is 1. The number of aryl methyl sites for hydroxylation is 1. The van der Waals surface area contributed by atoms with Gasteiger partial charge in [0.25, 0.3) is 0 Å². The first kappa shape index (κ1) is 17.9. The van der Waals surface area contributed by atoms with E-state index < -0.39 is 5.92 Å². The van der Waals surface area contributed by atoms with E-state index in [1.165, 1.54) is 9.75 Å². The molecule has 3 unspecified atom stereocenters. The largest absolute Gasteiger partial charge is 0.457 e. The fraction of sp³-hybridized carbons (Fsp3) is 0.500. The van der Waals surface area contributed by atoms with Gasteiger partial charge in [0.05, 0.1) is 5.92 Å². The predicted octanol–water partition coefficient (Wildman–Crippen LogP) is 3.96. The fourth-order valence-corrected chi connectivity index (χ4v) is 6.16. The Morgan fingerprint density at radius 1 is 1.31 bits per heavy atom. The lowest BCUT2D eigenvalue weighted by Gasteiger charge is -2.30. The molecule has 6 heteroatoms. The van der Waals surface area contributed by atoms with Crippen LogP contribution >= 0.6 is 22.7 Å². The van der Waals surface area contributed by atoms with Crippen molar-refractivity contribution in [1.29, 1.82) is 0 Å². The van der Waals surface area contributed by atoms with Crippen LogP contribution in [0, 0.1) is 11.8 Å². The van der Waals surface area contributed by atoms with Gasteiger partial charge in [-0.25, -0.2) is 0 Å². The molecule has 2 aromatic rings. The lowest BCUT2D eigenvalue weighted by Crippen LogP contribution is -2.30. The molecule has 0 amide bonds. The first-order chi connectivity index (χ1) is 12.6. The summed E-state index contributed by atoms with van der Waals surface area (Å²) < 4.78 is 5.85. The van der Waals surface area contributed by atoms with Crippen LogP contribution in [0.4, 0.5) is 0 Å². The molecule has 26 heavy (non-hydrogen) atoms. The summed E-state index contributed by atoms with van der Waals surface area (Å²) in [5, 5.41) is 11.6. The summed E-state index contributed by atoms with van der Waals surface area (Å²) in [7, 11) is 0. The van der Waals surface area contributed by atoms with Gasteiger partial charge in [-0.15, -0.1) is 22.7 Å². The second-order valence-corrected chi connectivity index (χ2v) is 9.37. The molecule has 0 radical (unpaired) electrons. The van der Waals surface area contributed by atoms with Crippen LogP contribution in [-0.2, 0) is 28.8 Å². The van der Waals surface area contributed by atoms with E-state index in [1.54, 1.807) is 22.7 Å². The van der Waals surface area contributed by atoms with Crippen LogP contribution in [0.1, 0.15) is 56.4 Å². The zero-order chi connectivity index (χ0) is 18.3. The second-order valence-electron chi connectivity index (χ2n) is 7.14. The van der Waals surface area contributed by atoms with Gasteiger partial charge in [-0.05, 0) is 49.1 Å². The average Bonchev–Trinajstić information content (AvgIpc) is 3.27. The molecule has 2 aliphatic rings. The van der Waals surface area contributed by atoms with Crippen LogP contribution in [0.25, 0.3) is 0 Å². The number of ether oxygens (including phenoxy) is 1. The van der Waals surface area contributed by atoms with Crippen molar-refractivity contribution in [3.05, 3.63) is 43.3 Å². The fourth-order valence-electron chi connectivity index (χ4n) is 3.91. The molecule has 0 spiro atoms. The Balaban J connectivity index is 1.50. The van der Waals surface area contributed by atoms with Crippen molar-refractivity contribution < 1.29 is 19.4 Å². The van der Waals surface area contributed by atoms with Crippen molar-refractivity contribution in [2.45, 2.75) is 45.1 Å². The molecule has 0 aromatic carbocycles. The van der Waals surface area contributed by atoms with Gasteiger partial charge in [0.2, 0.25) is 0 Å². The smallest absolute Gasteiger partial charge is 0.310 e. The first-order valence-electron chi connectivity index (χ1n) is 9.11. The standard InChI is InChI=1S/C20H22O4S2/c1-2-13-9-15-16(22)7-12(8-19(15)26-13)20(23)24-17-5-11(10-21)6-18-14(17)3-4-25-18/h3-4,9,11-12,17,21H,2,5-8,10H2,1H3. The Morgan fingerprint density at radius 2 is 2.15 bits per heavy atom. The van der Waals surface area contributed by atoms with Crippen LogP contribution in [-0.4, -0.2) is 23.5 Å². The summed E-state index contributed by atoms with van der Waals surface area (Å²) in [4.78, 5) is 28.7. The second kappa shape index (κ2) is 7.25. The average molecular weight is 391 g/mol. The number of fused-ring (bicyclic) bond motifs is 2. The molecular weight excluding hydrogens is 368 g/mol. The molecule has 0 fully saturated rings. The van der Waals surface area contributed by atoms with Gasteiger partial charge < -0.3 is 9.84 Å².